The van der Waals surface area contributed by atoms with Gasteiger partial charge in [0, 0.05) is 0 Å². The first-order valence-electron chi connectivity index (χ1n) is 4.55. The summed E-state index contributed by atoms with van der Waals surface area (Å²) in [5, 5.41) is 22.9. The molecule has 0 aliphatic rings. The predicted molar refractivity (Wildman–Crippen MR) is 51.8 cm³/mol. The lowest BCUT2D eigenvalue weighted by Crippen LogP contribution is -2.43. The minimum Gasteiger partial charge on any atom is -0.481 e. The Labute approximate surface area is 95.1 Å². The van der Waals surface area contributed by atoms with Crippen molar-refractivity contribution in [1.82, 2.24) is 20.1 Å². The highest BCUT2D eigenvalue weighted by Gasteiger charge is 2.22. The van der Waals surface area contributed by atoms with Gasteiger partial charge in [0.15, 0.2) is 0 Å². The molecule has 0 fully saturated rings. The van der Waals surface area contributed by atoms with E-state index < -0.39 is 30.3 Å². The third-order valence-electron chi connectivity index (χ3n) is 1.78. The van der Waals surface area contributed by atoms with Crippen LogP contribution in [-0.2, 0) is 20.9 Å². The number of carboxylic acid groups (broad SMARTS) is 2. The van der Waals surface area contributed by atoms with E-state index in [-0.39, 0.29) is 6.54 Å². The van der Waals surface area contributed by atoms with Gasteiger partial charge < -0.3 is 15.5 Å². The smallest absolute Gasteiger partial charge is 0.326 e. The van der Waals surface area contributed by atoms with Crippen LogP contribution in [0.25, 0.3) is 0 Å². The van der Waals surface area contributed by atoms with E-state index in [1.807, 2.05) is 0 Å². The second-order valence-electron chi connectivity index (χ2n) is 3.15. The fraction of sp³-hybridized carbons (Fsp3) is 0.375. The van der Waals surface area contributed by atoms with Crippen molar-refractivity contribution in [3.8, 4) is 0 Å². The van der Waals surface area contributed by atoms with E-state index in [0.717, 1.165) is 0 Å². The lowest BCUT2D eigenvalue weighted by Gasteiger charge is -2.11. The highest BCUT2D eigenvalue weighted by molar-refractivity contribution is 5.86. The molecule has 0 spiro atoms. The number of nitrogens with zero attached hydrogens (tertiary/aromatic N) is 3. The molecule has 1 heterocycles. The summed E-state index contributed by atoms with van der Waals surface area (Å²) in [6, 6.07) is -1.46. The second kappa shape index (κ2) is 5.58. The van der Waals surface area contributed by atoms with Gasteiger partial charge in [-0.15, -0.1) is 0 Å². The fourth-order valence-corrected chi connectivity index (χ4v) is 1.08. The molecule has 1 atom stereocenters. The van der Waals surface area contributed by atoms with E-state index >= 15 is 0 Å². The number of aromatic nitrogens is 3. The van der Waals surface area contributed by atoms with E-state index in [2.05, 4.69) is 15.4 Å². The van der Waals surface area contributed by atoms with Crippen molar-refractivity contribution < 1.29 is 24.6 Å². The van der Waals surface area contributed by atoms with Gasteiger partial charge in [0.2, 0.25) is 5.91 Å². The lowest BCUT2D eigenvalue weighted by atomic mass is 10.2. The zero-order valence-corrected chi connectivity index (χ0v) is 8.61. The first-order chi connectivity index (χ1) is 7.99. The normalized spacial score (nSPS) is 11.8. The molecule has 9 nitrogen and oxygen atoms in total. The average molecular weight is 242 g/mol. The summed E-state index contributed by atoms with van der Waals surface area (Å²) >= 11 is 0. The van der Waals surface area contributed by atoms with Crippen molar-refractivity contribution in [1.29, 1.82) is 0 Å². The van der Waals surface area contributed by atoms with E-state index in [9.17, 15) is 14.4 Å². The molecule has 0 saturated heterocycles. The molecule has 92 valence electrons. The van der Waals surface area contributed by atoms with Crippen LogP contribution in [0.1, 0.15) is 6.42 Å². The number of aliphatic carboxylic acids is 2. The van der Waals surface area contributed by atoms with E-state index in [0.29, 0.717) is 0 Å². The summed E-state index contributed by atoms with van der Waals surface area (Å²) < 4.78 is 1.19. The molecule has 0 bridgehead atoms. The number of carbonyl (C=O) groups is 3. The predicted octanol–water partition coefficient (Wildman–Crippen LogP) is -1.68. The highest BCUT2D eigenvalue weighted by atomic mass is 16.4. The van der Waals surface area contributed by atoms with Crippen molar-refractivity contribution in [2.45, 2.75) is 19.0 Å². The molecule has 0 aromatic carbocycles. The van der Waals surface area contributed by atoms with Crippen LogP contribution < -0.4 is 5.32 Å². The third-order valence-corrected chi connectivity index (χ3v) is 1.78. The standard InChI is InChI=1S/C8H10N4O5/c13-6(2-12-4-9-3-10-12)11-5(8(16)17)1-7(14)15/h3-5H,1-2H2,(H,11,13)(H,14,15)(H,16,17)/t5-/m0/s1. The molecule has 0 unspecified atom stereocenters. The Morgan fingerprint density at radius 1 is 1.35 bits per heavy atom. The molecule has 1 aromatic heterocycles. The Bertz CT molecular complexity index is 416. The summed E-state index contributed by atoms with van der Waals surface area (Å²) in [6.45, 7) is -0.219. The first kappa shape index (κ1) is 12.6. The van der Waals surface area contributed by atoms with Crippen LogP contribution in [0, 0.1) is 0 Å². The molecule has 0 radical (unpaired) electrons. The zero-order valence-electron chi connectivity index (χ0n) is 8.61. The van der Waals surface area contributed by atoms with Gasteiger partial charge in [-0.3, -0.25) is 9.59 Å². The Balaban J connectivity index is 2.52. The summed E-state index contributed by atoms with van der Waals surface area (Å²) in [5.74, 6) is -3.36. The number of hydrogen-bond donors (Lipinski definition) is 3. The number of carbonyl (C=O) groups excluding carboxylic acids is 1. The molecular weight excluding hydrogens is 232 g/mol. The van der Waals surface area contributed by atoms with Gasteiger partial charge in [-0.1, -0.05) is 0 Å². The van der Waals surface area contributed by atoms with Crippen LogP contribution in [-0.4, -0.2) is 48.9 Å². The molecule has 17 heavy (non-hydrogen) atoms. The van der Waals surface area contributed by atoms with E-state index in [1.165, 1.54) is 17.3 Å². The molecular formula is C8H10N4O5. The summed E-state index contributed by atoms with van der Waals surface area (Å²) in [7, 11) is 0. The van der Waals surface area contributed by atoms with Crippen LogP contribution in [0.5, 0.6) is 0 Å². The number of carboxylic acids is 2. The Kier molecular flexibility index (Phi) is 4.14. The van der Waals surface area contributed by atoms with Crippen molar-refractivity contribution in [2.75, 3.05) is 0 Å². The molecule has 0 aliphatic carbocycles. The summed E-state index contributed by atoms with van der Waals surface area (Å²) in [4.78, 5) is 36.0. The Morgan fingerprint density at radius 3 is 2.53 bits per heavy atom. The van der Waals surface area contributed by atoms with E-state index in [4.69, 9.17) is 10.2 Å². The van der Waals surface area contributed by atoms with Crippen LogP contribution >= 0.6 is 0 Å². The van der Waals surface area contributed by atoms with Crippen LogP contribution in [0.2, 0.25) is 0 Å². The second-order valence-corrected chi connectivity index (χ2v) is 3.15. The quantitative estimate of drug-likeness (QED) is 0.542. The van der Waals surface area contributed by atoms with Gasteiger partial charge in [0.25, 0.3) is 0 Å². The van der Waals surface area contributed by atoms with Gasteiger partial charge in [0.1, 0.15) is 25.2 Å². The number of rotatable bonds is 6. The van der Waals surface area contributed by atoms with Gasteiger partial charge in [0.05, 0.1) is 6.42 Å². The van der Waals surface area contributed by atoms with Crippen molar-refractivity contribution >= 4 is 17.8 Å². The Hall–Kier alpha value is -2.45. The van der Waals surface area contributed by atoms with Crippen LogP contribution in [0.15, 0.2) is 12.7 Å². The first-order valence-corrected chi connectivity index (χ1v) is 4.55. The maximum absolute atomic E-state index is 11.4. The summed E-state index contributed by atoms with van der Waals surface area (Å²) in [5.41, 5.74) is 0. The SMILES string of the molecule is O=C(O)C[C@H](NC(=O)Cn1cncn1)C(=O)O. The maximum Gasteiger partial charge on any atom is 0.326 e. The largest absolute Gasteiger partial charge is 0.481 e. The number of hydrogen-bond acceptors (Lipinski definition) is 5. The molecule has 1 aromatic rings. The maximum atomic E-state index is 11.4. The fourth-order valence-electron chi connectivity index (χ4n) is 1.08. The molecule has 9 heteroatoms. The van der Waals surface area contributed by atoms with Gasteiger partial charge in [-0.2, -0.15) is 5.10 Å². The van der Waals surface area contributed by atoms with Crippen molar-refractivity contribution in [2.24, 2.45) is 0 Å². The number of amides is 1. The number of nitrogens with one attached hydrogen (secondary N) is 1. The van der Waals surface area contributed by atoms with Crippen molar-refractivity contribution in [3.63, 3.8) is 0 Å². The van der Waals surface area contributed by atoms with Gasteiger partial charge >= 0.3 is 11.9 Å². The molecule has 0 aliphatic heterocycles. The van der Waals surface area contributed by atoms with Crippen molar-refractivity contribution in [3.05, 3.63) is 12.7 Å². The van der Waals surface area contributed by atoms with Gasteiger partial charge in [-0.25, -0.2) is 14.5 Å². The van der Waals surface area contributed by atoms with Gasteiger partial charge in [-0.05, 0) is 0 Å². The molecule has 3 N–H and O–H groups in total. The lowest BCUT2D eigenvalue weighted by molar-refractivity contribution is -0.147. The third kappa shape index (κ3) is 4.28. The topological polar surface area (TPSA) is 134 Å². The van der Waals surface area contributed by atoms with E-state index in [1.54, 1.807) is 0 Å². The minimum atomic E-state index is -1.46. The minimum absolute atomic E-state index is 0.219. The highest BCUT2D eigenvalue weighted by Crippen LogP contribution is 1.93. The molecule has 0 saturated carbocycles. The summed E-state index contributed by atoms with van der Waals surface area (Å²) in [6.07, 6.45) is 1.82. The monoisotopic (exact) mass is 242 g/mol. The van der Waals surface area contributed by atoms with Crippen LogP contribution in [0.4, 0.5) is 0 Å². The Morgan fingerprint density at radius 2 is 2.06 bits per heavy atom. The zero-order chi connectivity index (χ0) is 12.8. The average Bonchev–Trinajstić information content (AvgIpc) is 2.68. The molecule has 1 amide bonds. The molecule has 1 rings (SSSR count). The van der Waals surface area contributed by atoms with Crippen LogP contribution in [0.3, 0.4) is 0 Å².